The van der Waals surface area contributed by atoms with Crippen molar-refractivity contribution in [2.75, 3.05) is 52.9 Å². The number of carbonyl (C=O) groups excluding carboxylic acids is 2. The maximum Gasteiger partial charge on any atom is 0.330 e. The lowest BCUT2D eigenvalue weighted by Crippen LogP contribution is -2.39. The summed E-state index contributed by atoms with van der Waals surface area (Å²) in [6, 6.07) is 0. The van der Waals surface area contributed by atoms with Crippen LogP contribution in [-0.2, 0) is 38.0 Å². The molecule has 0 aromatic carbocycles. The number of carbonyl (C=O) groups is 2. The molecule has 0 N–H and O–H groups in total. The standard InChI is InChI=1S/C29H48O8/c1-5-27(30)36-21-17-32-15-19-34-25-11-7-23(8-12-25)29(3,4)24-9-13-26(14-10-24)35-20-16-33-18-22-37-28(31)6-2/h5-6,23-26H,1-2,7-22H2,3-4H3. The maximum absolute atomic E-state index is 11.0. The molecule has 2 fully saturated rings. The highest BCUT2D eigenvalue weighted by Gasteiger charge is 2.40. The number of esters is 2. The molecule has 0 aromatic heterocycles. The Morgan fingerprint density at radius 2 is 0.973 bits per heavy atom. The zero-order chi connectivity index (χ0) is 26.9. The summed E-state index contributed by atoms with van der Waals surface area (Å²) in [5.41, 5.74) is 0.327. The molecule has 0 atom stereocenters. The fourth-order valence-corrected chi connectivity index (χ4v) is 5.55. The first-order valence-electron chi connectivity index (χ1n) is 13.8. The third-order valence-electron chi connectivity index (χ3n) is 7.89. The Labute approximate surface area is 223 Å². The van der Waals surface area contributed by atoms with Gasteiger partial charge in [0.2, 0.25) is 0 Å². The van der Waals surface area contributed by atoms with E-state index in [1.165, 1.54) is 25.7 Å². The van der Waals surface area contributed by atoms with Crippen LogP contribution in [0.25, 0.3) is 0 Å². The lowest BCUT2D eigenvalue weighted by molar-refractivity contribution is -0.140. The van der Waals surface area contributed by atoms with Gasteiger partial charge in [0.15, 0.2) is 0 Å². The second-order valence-corrected chi connectivity index (χ2v) is 10.5. The van der Waals surface area contributed by atoms with E-state index in [1.54, 1.807) is 0 Å². The highest BCUT2D eigenvalue weighted by Crippen LogP contribution is 2.48. The van der Waals surface area contributed by atoms with Crippen molar-refractivity contribution in [3.8, 4) is 0 Å². The van der Waals surface area contributed by atoms with Gasteiger partial charge in [-0.1, -0.05) is 27.0 Å². The van der Waals surface area contributed by atoms with E-state index in [4.69, 9.17) is 28.4 Å². The molecule has 0 amide bonds. The van der Waals surface area contributed by atoms with E-state index >= 15 is 0 Å². The highest BCUT2D eigenvalue weighted by atomic mass is 16.6. The summed E-state index contributed by atoms with van der Waals surface area (Å²) >= 11 is 0. The summed E-state index contributed by atoms with van der Waals surface area (Å²) in [7, 11) is 0. The third-order valence-corrected chi connectivity index (χ3v) is 7.89. The van der Waals surface area contributed by atoms with E-state index < -0.39 is 11.9 Å². The van der Waals surface area contributed by atoms with Gasteiger partial charge in [-0.2, -0.15) is 0 Å². The Bertz CT molecular complexity index is 619. The first-order valence-corrected chi connectivity index (χ1v) is 13.8. The summed E-state index contributed by atoms with van der Waals surface area (Å²) in [4.78, 5) is 21.9. The van der Waals surface area contributed by atoms with Gasteiger partial charge in [0, 0.05) is 12.2 Å². The lowest BCUT2D eigenvalue weighted by Gasteiger charge is -2.46. The monoisotopic (exact) mass is 524 g/mol. The minimum atomic E-state index is -0.426. The van der Waals surface area contributed by atoms with Crippen molar-refractivity contribution in [3.63, 3.8) is 0 Å². The van der Waals surface area contributed by atoms with Crippen LogP contribution in [0.5, 0.6) is 0 Å². The van der Waals surface area contributed by atoms with Gasteiger partial charge in [-0.3, -0.25) is 0 Å². The lowest BCUT2D eigenvalue weighted by atomic mass is 9.60. The van der Waals surface area contributed by atoms with E-state index in [9.17, 15) is 9.59 Å². The molecule has 8 nitrogen and oxygen atoms in total. The third kappa shape index (κ3) is 12.1. The SMILES string of the molecule is C=CC(=O)OCCOCCOC1CCC(C(C)(C)C2CCC(OCCOCCOC(=O)C=C)CC2)CC1. The summed E-state index contributed by atoms with van der Waals surface area (Å²) in [5, 5.41) is 0. The van der Waals surface area contributed by atoms with Gasteiger partial charge < -0.3 is 28.4 Å². The Balaban J connectivity index is 1.52. The summed E-state index contributed by atoms with van der Waals surface area (Å²) in [6.07, 6.45) is 12.2. The van der Waals surface area contributed by atoms with Gasteiger partial charge in [-0.15, -0.1) is 0 Å². The molecule has 37 heavy (non-hydrogen) atoms. The Morgan fingerprint density at radius 1 is 0.622 bits per heavy atom. The van der Waals surface area contributed by atoms with E-state index in [0.29, 0.717) is 57.3 Å². The van der Waals surface area contributed by atoms with E-state index in [0.717, 1.165) is 49.7 Å². The molecule has 8 heteroatoms. The summed E-state index contributed by atoms with van der Waals surface area (Å²) in [6.45, 7) is 15.1. The molecule has 0 spiro atoms. The van der Waals surface area contributed by atoms with Crippen molar-refractivity contribution in [1.82, 2.24) is 0 Å². The van der Waals surface area contributed by atoms with Crippen LogP contribution in [0, 0.1) is 17.3 Å². The molecule has 0 heterocycles. The van der Waals surface area contributed by atoms with Crippen LogP contribution in [0.1, 0.15) is 65.2 Å². The maximum atomic E-state index is 11.0. The molecule has 2 aliphatic carbocycles. The van der Waals surface area contributed by atoms with E-state index in [1.807, 2.05) is 0 Å². The van der Waals surface area contributed by atoms with Gasteiger partial charge in [-0.25, -0.2) is 9.59 Å². The van der Waals surface area contributed by atoms with E-state index in [2.05, 4.69) is 27.0 Å². The van der Waals surface area contributed by atoms with Crippen molar-refractivity contribution in [3.05, 3.63) is 25.3 Å². The molecule has 0 unspecified atom stereocenters. The Hall–Kier alpha value is -1.74. The molecule has 0 radical (unpaired) electrons. The highest BCUT2D eigenvalue weighted by molar-refractivity contribution is 5.81. The van der Waals surface area contributed by atoms with E-state index in [-0.39, 0.29) is 13.2 Å². The van der Waals surface area contributed by atoms with Crippen molar-refractivity contribution in [1.29, 1.82) is 0 Å². The summed E-state index contributed by atoms with van der Waals surface area (Å²) in [5.74, 6) is 0.610. The second kappa shape index (κ2) is 17.7. The zero-order valence-corrected chi connectivity index (χ0v) is 23.0. The van der Waals surface area contributed by atoms with Gasteiger partial charge in [0.25, 0.3) is 0 Å². The van der Waals surface area contributed by atoms with Crippen LogP contribution >= 0.6 is 0 Å². The average molecular weight is 525 g/mol. The molecule has 0 aliphatic heterocycles. The van der Waals surface area contributed by atoms with Gasteiger partial charge in [0.1, 0.15) is 13.2 Å². The van der Waals surface area contributed by atoms with Crippen molar-refractivity contribution in [2.24, 2.45) is 17.3 Å². The van der Waals surface area contributed by atoms with Crippen LogP contribution < -0.4 is 0 Å². The minimum Gasteiger partial charge on any atom is -0.460 e. The first-order chi connectivity index (χ1) is 17.9. The second-order valence-electron chi connectivity index (χ2n) is 10.5. The fraction of sp³-hybridized carbons (Fsp3) is 0.793. The Kier molecular flexibility index (Phi) is 15.1. The number of hydrogen-bond donors (Lipinski definition) is 0. The number of rotatable bonds is 18. The molecule has 2 rings (SSSR count). The zero-order valence-electron chi connectivity index (χ0n) is 23.0. The number of ether oxygens (including phenoxy) is 6. The quantitative estimate of drug-likeness (QED) is 0.145. The van der Waals surface area contributed by atoms with Gasteiger partial charge in [-0.05, 0) is 68.6 Å². The molecule has 2 saturated carbocycles. The molecule has 2 aliphatic rings. The fourth-order valence-electron chi connectivity index (χ4n) is 5.55. The van der Waals surface area contributed by atoms with Gasteiger partial charge in [0.05, 0.1) is 51.8 Å². The van der Waals surface area contributed by atoms with Crippen molar-refractivity contribution in [2.45, 2.75) is 77.4 Å². The van der Waals surface area contributed by atoms with Crippen LogP contribution in [0.4, 0.5) is 0 Å². The van der Waals surface area contributed by atoms with Crippen molar-refractivity contribution >= 4 is 11.9 Å². The van der Waals surface area contributed by atoms with Crippen molar-refractivity contribution < 1.29 is 38.0 Å². The van der Waals surface area contributed by atoms with Crippen LogP contribution in [0.3, 0.4) is 0 Å². The predicted octanol–water partition coefficient (Wildman–Crippen LogP) is 4.66. The minimum absolute atomic E-state index is 0.240. The van der Waals surface area contributed by atoms with Crippen LogP contribution in [-0.4, -0.2) is 77.0 Å². The average Bonchev–Trinajstić information content (AvgIpc) is 2.92. The molecule has 212 valence electrons. The van der Waals surface area contributed by atoms with Crippen LogP contribution in [0.15, 0.2) is 25.3 Å². The normalized spacial score (nSPS) is 24.3. The first kappa shape index (κ1) is 31.5. The molecular formula is C29H48O8. The molecule has 0 aromatic rings. The summed E-state index contributed by atoms with van der Waals surface area (Å²) < 4.78 is 32.8. The van der Waals surface area contributed by atoms with Crippen LogP contribution in [0.2, 0.25) is 0 Å². The predicted molar refractivity (Wildman–Crippen MR) is 141 cm³/mol. The van der Waals surface area contributed by atoms with Gasteiger partial charge >= 0.3 is 11.9 Å². The Morgan fingerprint density at radius 3 is 1.32 bits per heavy atom. The largest absolute Gasteiger partial charge is 0.460 e. The molecular weight excluding hydrogens is 476 g/mol. The number of hydrogen-bond acceptors (Lipinski definition) is 8. The smallest absolute Gasteiger partial charge is 0.330 e. The molecule has 0 saturated heterocycles. The topological polar surface area (TPSA) is 89.5 Å². The molecule has 0 bridgehead atoms.